The summed E-state index contributed by atoms with van der Waals surface area (Å²) in [5.41, 5.74) is 1.35. The summed E-state index contributed by atoms with van der Waals surface area (Å²) < 4.78 is 37.4. The number of benzene rings is 2. The zero-order valence-electron chi connectivity index (χ0n) is 16.1. The predicted molar refractivity (Wildman–Crippen MR) is 105 cm³/mol. The molecule has 1 saturated heterocycles. The van der Waals surface area contributed by atoms with Gasteiger partial charge in [-0.15, -0.1) is 0 Å². The molecule has 0 atom stereocenters. The molecular formula is C21H22N2O5S. The van der Waals surface area contributed by atoms with Gasteiger partial charge in [0.25, 0.3) is 0 Å². The van der Waals surface area contributed by atoms with E-state index in [-0.39, 0.29) is 36.5 Å². The number of nitrogens with zero attached hydrogens (tertiary/aromatic N) is 2. The summed E-state index contributed by atoms with van der Waals surface area (Å²) >= 11 is 0. The molecule has 8 heteroatoms. The molecule has 3 rings (SSSR count). The van der Waals surface area contributed by atoms with Crippen molar-refractivity contribution in [3.05, 3.63) is 59.7 Å². The zero-order valence-corrected chi connectivity index (χ0v) is 16.9. The number of carbonyl (C=O) groups excluding carboxylic acids is 1. The Balaban J connectivity index is 1.53. The molecule has 0 radical (unpaired) electrons. The SMILES string of the molecule is COc1ccc(S(=O)(=O)N2CCC(C(=O)OCc3ccc(C#N)cc3)CC2)cc1. The number of sulfonamides is 1. The Morgan fingerprint density at radius 1 is 1.10 bits per heavy atom. The van der Waals surface area contributed by atoms with Crippen LogP contribution in [0.3, 0.4) is 0 Å². The Bertz CT molecular complexity index is 987. The second-order valence-corrected chi connectivity index (χ2v) is 8.71. The Labute approximate surface area is 170 Å². The summed E-state index contributed by atoms with van der Waals surface area (Å²) in [5.74, 6) is -0.0563. The van der Waals surface area contributed by atoms with E-state index in [0.29, 0.717) is 24.2 Å². The van der Waals surface area contributed by atoms with Gasteiger partial charge in [-0.2, -0.15) is 9.57 Å². The van der Waals surface area contributed by atoms with Crippen LogP contribution < -0.4 is 4.74 Å². The van der Waals surface area contributed by atoms with Crippen LogP contribution in [0.2, 0.25) is 0 Å². The molecule has 2 aromatic carbocycles. The largest absolute Gasteiger partial charge is 0.497 e. The molecule has 0 amide bonds. The summed E-state index contributed by atoms with van der Waals surface area (Å²) in [4.78, 5) is 12.5. The number of hydrogen-bond donors (Lipinski definition) is 0. The highest BCUT2D eigenvalue weighted by atomic mass is 32.2. The van der Waals surface area contributed by atoms with E-state index in [1.807, 2.05) is 6.07 Å². The first kappa shape index (κ1) is 20.8. The fourth-order valence-electron chi connectivity index (χ4n) is 3.18. The molecule has 7 nitrogen and oxygen atoms in total. The van der Waals surface area contributed by atoms with Crippen LogP contribution in [-0.4, -0.2) is 38.9 Å². The van der Waals surface area contributed by atoms with Gasteiger partial charge in [0.05, 0.1) is 29.6 Å². The lowest BCUT2D eigenvalue weighted by Gasteiger charge is -2.30. The minimum absolute atomic E-state index is 0.134. The first-order chi connectivity index (χ1) is 13.9. The van der Waals surface area contributed by atoms with Crippen molar-refractivity contribution in [1.29, 1.82) is 5.26 Å². The van der Waals surface area contributed by atoms with Crippen LogP contribution in [0.4, 0.5) is 0 Å². The predicted octanol–water partition coefficient (Wildman–Crippen LogP) is 2.71. The van der Waals surface area contributed by atoms with Crippen molar-refractivity contribution in [1.82, 2.24) is 4.31 Å². The molecule has 1 heterocycles. The summed E-state index contributed by atoms with van der Waals surface area (Å²) in [6.07, 6.45) is 0.836. The number of nitriles is 1. The van der Waals surface area contributed by atoms with Crippen LogP contribution >= 0.6 is 0 Å². The van der Waals surface area contributed by atoms with Crippen LogP contribution in [0.15, 0.2) is 53.4 Å². The Morgan fingerprint density at radius 3 is 2.28 bits per heavy atom. The smallest absolute Gasteiger partial charge is 0.309 e. The van der Waals surface area contributed by atoms with Crippen molar-refractivity contribution < 1.29 is 22.7 Å². The van der Waals surface area contributed by atoms with Gasteiger partial charge < -0.3 is 9.47 Å². The van der Waals surface area contributed by atoms with Gasteiger partial charge in [0, 0.05) is 13.1 Å². The maximum atomic E-state index is 12.8. The molecule has 0 saturated carbocycles. The number of hydrogen-bond acceptors (Lipinski definition) is 6. The van der Waals surface area contributed by atoms with Gasteiger partial charge in [-0.05, 0) is 54.8 Å². The summed E-state index contributed by atoms with van der Waals surface area (Å²) in [6.45, 7) is 0.672. The minimum Gasteiger partial charge on any atom is -0.497 e. The molecule has 0 unspecified atom stereocenters. The maximum absolute atomic E-state index is 12.8. The van der Waals surface area contributed by atoms with E-state index in [1.54, 1.807) is 36.4 Å². The quantitative estimate of drug-likeness (QED) is 0.674. The topological polar surface area (TPSA) is 96.7 Å². The van der Waals surface area contributed by atoms with Gasteiger partial charge in [0.1, 0.15) is 12.4 Å². The fraction of sp³-hybridized carbons (Fsp3) is 0.333. The lowest BCUT2D eigenvalue weighted by molar-refractivity contribution is -0.151. The number of carbonyl (C=O) groups is 1. The highest BCUT2D eigenvalue weighted by Crippen LogP contribution is 2.26. The van der Waals surface area contributed by atoms with Gasteiger partial charge in [0.2, 0.25) is 10.0 Å². The van der Waals surface area contributed by atoms with Gasteiger partial charge in [0.15, 0.2) is 0 Å². The Kier molecular flexibility index (Phi) is 6.52. The van der Waals surface area contributed by atoms with Crippen molar-refractivity contribution in [2.24, 2.45) is 5.92 Å². The molecule has 0 bridgehead atoms. The molecule has 1 aliphatic rings. The second kappa shape index (κ2) is 9.07. The molecule has 152 valence electrons. The van der Waals surface area contributed by atoms with Crippen molar-refractivity contribution in [2.75, 3.05) is 20.2 Å². The van der Waals surface area contributed by atoms with Crippen LogP contribution in [0.5, 0.6) is 5.75 Å². The Hall–Kier alpha value is -2.89. The van der Waals surface area contributed by atoms with E-state index in [0.717, 1.165) is 5.56 Å². The molecule has 1 aliphatic heterocycles. The first-order valence-electron chi connectivity index (χ1n) is 9.24. The zero-order chi connectivity index (χ0) is 20.9. The highest BCUT2D eigenvalue weighted by molar-refractivity contribution is 7.89. The number of esters is 1. The first-order valence-corrected chi connectivity index (χ1v) is 10.7. The van der Waals surface area contributed by atoms with Crippen LogP contribution in [0, 0.1) is 17.2 Å². The van der Waals surface area contributed by atoms with E-state index in [9.17, 15) is 13.2 Å². The van der Waals surface area contributed by atoms with Crippen molar-refractivity contribution in [3.63, 3.8) is 0 Å². The van der Waals surface area contributed by atoms with E-state index in [1.165, 1.54) is 23.5 Å². The molecule has 2 aromatic rings. The minimum atomic E-state index is -3.60. The summed E-state index contributed by atoms with van der Waals surface area (Å²) in [6, 6.07) is 15.1. The average molecular weight is 414 g/mol. The normalized spacial score (nSPS) is 15.4. The second-order valence-electron chi connectivity index (χ2n) is 6.77. The standard InChI is InChI=1S/C21H22N2O5S/c1-27-19-6-8-20(9-7-19)29(25,26)23-12-10-18(11-13-23)21(24)28-15-17-4-2-16(14-22)3-5-17/h2-9,18H,10-13,15H2,1H3. The van der Waals surface area contributed by atoms with Gasteiger partial charge in [-0.3, -0.25) is 4.79 Å². The monoisotopic (exact) mass is 414 g/mol. The molecule has 0 aromatic heterocycles. The average Bonchev–Trinajstić information content (AvgIpc) is 2.78. The summed E-state index contributed by atoms with van der Waals surface area (Å²) in [7, 11) is -2.08. The van der Waals surface area contributed by atoms with Crippen LogP contribution in [0.1, 0.15) is 24.0 Å². The van der Waals surface area contributed by atoms with Crippen LogP contribution in [0.25, 0.3) is 0 Å². The summed E-state index contributed by atoms with van der Waals surface area (Å²) in [5, 5.41) is 8.80. The number of ether oxygens (including phenoxy) is 2. The van der Waals surface area contributed by atoms with Gasteiger partial charge in [-0.1, -0.05) is 12.1 Å². The lowest BCUT2D eigenvalue weighted by Crippen LogP contribution is -2.40. The van der Waals surface area contributed by atoms with E-state index >= 15 is 0 Å². The third kappa shape index (κ3) is 4.94. The van der Waals surface area contributed by atoms with Crippen LogP contribution in [-0.2, 0) is 26.2 Å². The molecule has 1 fully saturated rings. The number of rotatable bonds is 6. The maximum Gasteiger partial charge on any atom is 0.309 e. The van der Waals surface area contributed by atoms with Crippen molar-refractivity contribution >= 4 is 16.0 Å². The third-order valence-electron chi connectivity index (χ3n) is 4.95. The number of piperidine rings is 1. The Morgan fingerprint density at radius 2 is 1.72 bits per heavy atom. The van der Waals surface area contributed by atoms with Crippen molar-refractivity contribution in [2.45, 2.75) is 24.3 Å². The molecule has 0 aliphatic carbocycles. The molecule has 0 N–H and O–H groups in total. The molecular weight excluding hydrogens is 392 g/mol. The van der Waals surface area contributed by atoms with E-state index < -0.39 is 10.0 Å². The fourth-order valence-corrected chi connectivity index (χ4v) is 4.65. The van der Waals surface area contributed by atoms with Gasteiger partial charge in [-0.25, -0.2) is 8.42 Å². The molecule has 29 heavy (non-hydrogen) atoms. The molecule has 0 spiro atoms. The van der Waals surface area contributed by atoms with Crippen molar-refractivity contribution in [3.8, 4) is 11.8 Å². The highest BCUT2D eigenvalue weighted by Gasteiger charge is 2.32. The van der Waals surface area contributed by atoms with Gasteiger partial charge >= 0.3 is 5.97 Å². The lowest BCUT2D eigenvalue weighted by atomic mass is 9.98. The third-order valence-corrected chi connectivity index (χ3v) is 6.86. The number of methoxy groups -OCH3 is 1. The van der Waals surface area contributed by atoms with E-state index in [4.69, 9.17) is 14.7 Å². The van der Waals surface area contributed by atoms with E-state index in [2.05, 4.69) is 0 Å².